The average Bonchev–Trinajstić information content (AvgIpc) is 2.84. The molecule has 0 atom stereocenters. The van der Waals surface area contributed by atoms with Gasteiger partial charge in [0, 0.05) is 10.5 Å². The molecule has 0 heterocycles. The minimum atomic E-state index is -4.58. The number of aromatic hydroxyl groups is 1. The number of carboxylic acids is 1. The fourth-order valence-corrected chi connectivity index (χ4v) is 3.74. The van der Waals surface area contributed by atoms with E-state index in [-0.39, 0.29) is 51.2 Å². The molecule has 3 rings (SSSR count). The first kappa shape index (κ1) is 29.9. The molecule has 4 N–H and O–H groups in total. The predicted octanol–water partition coefficient (Wildman–Crippen LogP) is 5.22. The van der Waals surface area contributed by atoms with Gasteiger partial charge in [0.25, 0.3) is 10.1 Å². The van der Waals surface area contributed by atoms with Gasteiger partial charge in [-0.3, -0.25) is 4.55 Å². The molecule has 0 aliphatic carbocycles. The number of benzene rings is 3. The number of carboxylic acid groups (broad SMARTS) is 1. The van der Waals surface area contributed by atoms with Crippen molar-refractivity contribution in [1.29, 1.82) is 0 Å². The Morgan fingerprint density at radius 3 is 2.41 bits per heavy atom. The summed E-state index contributed by atoms with van der Waals surface area (Å²) in [6.45, 7) is 1.41. The van der Waals surface area contributed by atoms with Gasteiger partial charge in [0.15, 0.2) is 5.84 Å². The second kappa shape index (κ2) is 13.3. The second-order valence-corrected chi connectivity index (χ2v) is 9.08. The van der Waals surface area contributed by atoms with Crippen LogP contribution in [0.3, 0.4) is 0 Å². The fourth-order valence-electron chi connectivity index (χ4n) is 2.76. The molecule has 0 saturated heterocycles. The van der Waals surface area contributed by atoms with Crippen LogP contribution in [-0.4, -0.2) is 40.2 Å². The molecule has 0 radical (unpaired) electrons. The van der Waals surface area contributed by atoms with Crippen LogP contribution in [0.4, 0.5) is 11.4 Å². The van der Waals surface area contributed by atoms with Crippen molar-refractivity contribution >= 4 is 45.3 Å². The maximum absolute atomic E-state index is 11.6. The Hall–Kier alpha value is -3.34. The Morgan fingerprint density at radius 1 is 1.08 bits per heavy atom. The maximum Gasteiger partial charge on any atom is 1.00 e. The van der Waals surface area contributed by atoms with Crippen LogP contribution in [-0.2, 0) is 36.6 Å². The normalized spacial score (nSPS) is 11.8. The number of hydrogen-bond donors (Lipinski definition) is 4. The van der Waals surface area contributed by atoms with Gasteiger partial charge in [0.1, 0.15) is 11.4 Å². The second-order valence-electron chi connectivity index (χ2n) is 6.88. The van der Waals surface area contributed by atoms with Crippen molar-refractivity contribution in [3.05, 3.63) is 82.8 Å². The van der Waals surface area contributed by atoms with Gasteiger partial charge in [0.2, 0.25) is 0 Å². The van der Waals surface area contributed by atoms with E-state index in [2.05, 4.69) is 30.1 Å². The van der Waals surface area contributed by atoms with Crippen molar-refractivity contribution in [2.45, 2.75) is 16.7 Å². The van der Waals surface area contributed by atoms with Crippen LogP contribution in [0.1, 0.15) is 21.5 Å². The van der Waals surface area contributed by atoms with Crippen molar-refractivity contribution in [2.24, 2.45) is 15.3 Å². The number of amidine groups is 1. The molecule has 0 bridgehead atoms. The van der Waals surface area contributed by atoms with Gasteiger partial charge in [-0.05, 0) is 36.8 Å². The van der Waals surface area contributed by atoms with E-state index < -0.39 is 21.0 Å². The summed E-state index contributed by atoms with van der Waals surface area (Å²) in [5.74, 6) is -1.78. The Bertz CT molecular complexity index is 1440. The molecule has 37 heavy (non-hydrogen) atoms. The van der Waals surface area contributed by atoms with E-state index in [9.17, 15) is 28.0 Å². The van der Waals surface area contributed by atoms with Gasteiger partial charge in [-0.25, -0.2) is 10.1 Å². The molecule has 0 aromatic heterocycles. The summed E-state index contributed by atoms with van der Waals surface area (Å²) in [6, 6.07) is 14.2. The SMILES string of the molecule is Cc1cc(S(=O)(=O)O)cc([N-]N=C(N=Nc2cc(SOOO)ccc2C(=O)O)c2ccccc2)c1O.[Cu+]. The number of phenolic OH excluding ortho intramolecular Hbond substituents is 1. The average molecular weight is 597 g/mol. The van der Waals surface area contributed by atoms with Gasteiger partial charge in [-0.15, -0.1) is 14.6 Å². The van der Waals surface area contributed by atoms with Crippen LogP contribution >= 0.6 is 12.0 Å². The molecule has 16 heteroatoms. The zero-order valence-electron chi connectivity index (χ0n) is 18.5. The third-order valence-corrected chi connectivity index (χ3v) is 5.86. The third-order valence-electron chi connectivity index (χ3n) is 4.45. The number of phenols is 1. The molecule has 0 aliphatic heterocycles. The third kappa shape index (κ3) is 8.07. The van der Waals surface area contributed by atoms with E-state index in [1.165, 1.54) is 25.1 Å². The summed E-state index contributed by atoms with van der Waals surface area (Å²) in [7, 11) is -4.58. The molecule has 0 aliphatic rings. The van der Waals surface area contributed by atoms with Crippen LogP contribution in [0.25, 0.3) is 5.43 Å². The number of azo groups is 1. The summed E-state index contributed by atoms with van der Waals surface area (Å²) in [5.41, 5.74) is 3.84. The molecule has 13 nitrogen and oxygen atoms in total. The molecule has 3 aromatic carbocycles. The molecular weight excluding hydrogens is 580 g/mol. The summed E-state index contributed by atoms with van der Waals surface area (Å²) < 4.78 is 36.7. The molecule has 0 unspecified atom stereocenters. The van der Waals surface area contributed by atoms with E-state index in [0.717, 1.165) is 12.1 Å². The Morgan fingerprint density at radius 2 is 1.78 bits per heavy atom. The number of aryl methyl sites for hydroxylation is 1. The van der Waals surface area contributed by atoms with Crippen molar-refractivity contribution < 1.29 is 59.7 Å². The monoisotopic (exact) mass is 596 g/mol. The van der Waals surface area contributed by atoms with E-state index in [1.807, 2.05) is 0 Å². The molecule has 0 spiro atoms. The van der Waals surface area contributed by atoms with Gasteiger partial charge < -0.3 is 20.7 Å². The minimum absolute atomic E-state index is 0. The quantitative estimate of drug-likeness (QED) is 0.0370. The van der Waals surface area contributed by atoms with Crippen LogP contribution in [0.15, 0.2) is 85.8 Å². The summed E-state index contributed by atoms with van der Waals surface area (Å²) in [5, 5.41) is 43.5. The summed E-state index contributed by atoms with van der Waals surface area (Å²) >= 11 is 0.587. The minimum Gasteiger partial charge on any atom is -0.571 e. The molecular formula is C21H17CuN4O9S2. The van der Waals surface area contributed by atoms with Gasteiger partial charge in [0.05, 0.1) is 22.5 Å². The first-order chi connectivity index (χ1) is 17.1. The Labute approximate surface area is 225 Å². The van der Waals surface area contributed by atoms with Crippen molar-refractivity contribution in [1.82, 2.24) is 0 Å². The van der Waals surface area contributed by atoms with Crippen LogP contribution in [0, 0.1) is 6.92 Å². The molecule has 0 amide bonds. The standard InChI is InChI=1S/C21H18N4O9S2.Cu/c1-12-9-15(36(30,31)32)11-18(19(12)26)23-25-20(13-5-3-2-4-6-13)24-22-17-10-14(35-34-33-29)7-8-16(17)21(27)28;/h2-11H,1H3,(H5,22,23,24,25,26,27,28,29,30,31,32);/q;+1/p-1. The van der Waals surface area contributed by atoms with Gasteiger partial charge in [-0.2, -0.15) is 8.42 Å². The first-order valence-electron chi connectivity index (χ1n) is 9.69. The summed E-state index contributed by atoms with van der Waals surface area (Å²) in [4.78, 5) is 11.4. The van der Waals surface area contributed by atoms with Gasteiger partial charge >= 0.3 is 23.0 Å². The zero-order chi connectivity index (χ0) is 26.3. The molecule has 3 aromatic rings. The van der Waals surface area contributed by atoms with E-state index in [1.54, 1.807) is 30.3 Å². The number of aromatic carboxylic acids is 1. The first-order valence-corrected chi connectivity index (χ1v) is 11.9. The number of rotatable bonds is 9. The summed E-state index contributed by atoms with van der Waals surface area (Å²) in [6.07, 6.45) is 0. The topological polar surface area (TPSA) is 202 Å². The predicted molar refractivity (Wildman–Crippen MR) is 127 cm³/mol. The number of nitrogens with zero attached hydrogens (tertiary/aromatic N) is 4. The van der Waals surface area contributed by atoms with Crippen LogP contribution in [0.2, 0.25) is 0 Å². The van der Waals surface area contributed by atoms with E-state index >= 15 is 0 Å². The van der Waals surface area contributed by atoms with E-state index in [0.29, 0.717) is 22.5 Å². The van der Waals surface area contributed by atoms with Crippen molar-refractivity contribution in [3.63, 3.8) is 0 Å². The maximum atomic E-state index is 11.6. The smallest absolute Gasteiger partial charge is 0.571 e. The van der Waals surface area contributed by atoms with Crippen molar-refractivity contribution in [3.8, 4) is 5.75 Å². The van der Waals surface area contributed by atoms with Gasteiger partial charge in [-0.1, -0.05) is 47.1 Å². The van der Waals surface area contributed by atoms with Crippen LogP contribution < -0.4 is 0 Å². The Kier molecular flexibility index (Phi) is 10.7. The molecule has 0 fully saturated rings. The molecule has 0 saturated carbocycles. The van der Waals surface area contributed by atoms with E-state index in [4.69, 9.17) is 5.26 Å². The number of hydrogen-bond acceptors (Lipinski definition) is 10. The number of carbonyl (C=O) groups is 1. The Balaban J connectivity index is 0.00000481. The largest absolute Gasteiger partial charge is 1.00 e. The molecule has 198 valence electrons. The fraction of sp³-hybridized carbons (Fsp3) is 0.0476. The van der Waals surface area contributed by atoms with Crippen molar-refractivity contribution in [2.75, 3.05) is 0 Å². The zero-order valence-corrected chi connectivity index (χ0v) is 21.1. The van der Waals surface area contributed by atoms with Crippen LogP contribution in [0.5, 0.6) is 5.75 Å².